The zero-order valence-corrected chi connectivity index (χ0v) is 20.8. The molecule has 7 nitrogen and oxygen atoms in total. The summed E-state index contributed by atoms with van der Waals surface area (Å²) in [5, 5.41) is 13.8. The van der Waals surface area contributed by atoms with Gasteiger partial charge in [-0.3, -0.25) is 9.69 Å². The first kappa shape index (κ1) is 26.4. The van der Waals surface area contributed by atoms with Gasteiger partial charge in [-0.25, -0.2) is 0 Å². The largest absolute Gasteiger partial charge is 0.480 e. The van der Waals surface area contributed by atoms with Crippen molar-refractivity contribution in [2.24, 2.45) is 0 Å². The minimum absolute atomic E-state index is 0. The van der Waals surface area contributed by atoms with Gasteiger partial charge in [0, 0.05) is 35.4 Å². The summed E-state index contributed by atoms with van der Waals surface area (Å²) in [6.07, 6.45) is 0. The third-order valence-corrected chi connectivity index (χ3v) is 5.61. The molecular formula is C26H25Cl2N3O4. The predicted molar refractivity (Wildman–Crippen MR) is 138 cm³/mol. The highest BCUT2D eigenvalue weighted by molar-refractivity contribution is 6.33. The molecule has 0 atom stereocenters. The molecule has 9 heteroatoms. The summed E-state index contributed by atoms with van der Waals surface area (Å²) < 4.78 is 11.0. The number of carboxylic acids is 1. The molecule has 0 fully saturated rings. The van der Waals surface area contributed by atoms with Gasteiger partial charge in [0.2, 0.25) is 5.82 Å². The van der Waals surface area contributed by atoms with Crippen molar-refractivity contribution in [1.29, 1.82) is 0 Å². The molecule has 0 aliphatic carbocycles. The van der Waals surface area contributed by atoms with E-state index in [0.717, 1.165) is 33.4 Å². The van der Waals surface area contributed by atoms with E-state index in [-0.39, 0.29) is 19.0 Å². The summed E-state index contributed by atoms with van der Waals surface area (Å²) in [5.41, 5.74) is 5.39. The summed E-state index contributed by atoms with van der Waals surface area (Å²) in [7, 11) is 3.41. The molecule has 35 heavy (non-hydrogen) atoms. The lowest BCUT2D eigenvalue weighted by Gasteiger charge is -2.14. The highest BCUT2D eigenvalue weighted by atomic mass is 35.5. The van der Waals surface area contributed by atoms with Crippen LogP contribution in [0.1, 0.15) is 11.1 Å². The van der Waals surface area contributed by atoms with Crippen molar-refractivity contribution in [3.05, 3.63) is 82.9 Å². The van der Waals surface area contributed by atoms with Crippen LogP contribution in [0.2, 0.25) is 5.02 Å². The van der Waals surface area contributed by atoms with Crippen LogP contribution in [0.3, 0.4) is 0 Å². The van der Waals surface area contributed by atoms with E-state index >= 15 is 0 Å². The number of halogens is 2. The number of ether oxygens (including phenoxy) is 1. The van der Waals surface area contributed by atoms with Crippen molar-refractivity contribution in [2.45, 2.75) is 13.2 Å². The van der Waals surface area contributed by atoms with Crippen LogP contribution in [0, 0.1) is 0 Å². The SMILES string of the molecule is COCc1cc(-c2nc(-c3cccc(CN(C)CC(=O)O)c3)no2)ccc1-c1ccccc1Cl.Cl. The van der Waals surface area contributed by atoms with Crippen molar-refractivity contribution in [3.8, 4) is 34.0 Å². The van der Waals surface area contributed by atoms with Gasteiger partial charge in [-0.05, 0) is 48.0 Å². The molecule has 0 saturated carbocycles. The van der Waals surface area contributed by atoms with Crippen molar-refractivity contribution in [2.75, 3.05) is 20.7 Å². The molecule has 0 amide bonds. The molecule has 0 aliphatic heterocycles. The molecule has 0 spiro atoms. The van der Waals surface area contributed by atoms with Crippen molar-refractivity contribution in [1.82, 2.24) is 15.0 Å². The Hall–Kier alpha value is -3.23. The first-order valence-electron chi connectivity index (χ1n) is 10.6. The Morgan fingerprint density at radius 3 is 2.60 bits per heavy atom. The Morgan fingerprint density at radius 2 is 1.86 bits per heavy atom. The summed E-state index contributed by atoms with van der Waals surface area (Å²) >= 11 is 6.41. The van der Waals surface area contributed by atoms with Gasteiger partial charge in [0.05, 0.1) is 13.2 Å². The van der Waals surface area contributed by atoms with Crippen LogP contribution in [-0.4, -0.2) is 46.8 Å². The summed E-state index contributed by atoms with van der Waals surface area (Å²) in [6, 6.07) is 21.2. The number of likely N-dealkylation sites (N-methyl/N-ethyl adjacent to an activating group) is 1. The normalized spacial score (nSPS) is 10.9. The van der Waals surface area contributed by atoms with Crippen LogP contribution in [0.15, 0.2) is 71.3 Å². The highest BCUT2D eigenvalue weighted by Gasteiger charge is 2.15. The Balaban J connectivity index is 0.00000342. The molecule has 1 heterocycles. The number of rotatable bonds is 9. The van der Waals surface area contributed by atoms with Gasteiger partial charge in [0.1, 0.15) is 0 Å². The molecule has 0 aliphatic rings. The molecule has 3 aromatic carbocycles. The lowest BCUT2D eigenvalue weighted by Crippen LogP contribution is -2.25. The van der Waals surface area contributed by atoms with Gasteiger partial charge in [-0.2, -0.15) is 4.98 Å². The second-order valence-electron chi connectivity index (χ2n) is 7.97. The number of carboxylic acid groups (broad SMARTS) is 1. The quantitative estimate of drug-likeness (QED) is 0.302. The Morgan fingerprint density at radius 1 is 1.06 bits per heavy atom. The number of nitrogens with zero attached hydrogens (tertiary/aromatic N) is 3. The average molecular weight is 514 g/mol. The van der Waals surface area contributed by atoms with E-state index < -0.39 is 5.97 Å². The van der Waals surface area contributed by atoms with Crippen molar-refractivity contribution >= 4 is 30.0 Å². The number of benzene rings is 3. The molecular weight excluding hydrogens is 489 g/mol. The zero-order valence-electron chi connectivity index (χ0n) is 19.3. The van der Waals surface area contributed by atoms with Crippen LogP contribution in [-0.2, 0) is 22.7 Å². The third-order valence-electron chi connectivity index (χ3n) is 5.28. The van der Waals surface area contributed by atoms with Crippen LogP contribution in [0.5, 0.6) is 0 Å². The molecule has 1 N–H and O–H groups in total. The summed E-state index contributed by atoms with van der Waals surface area (Å²) in [5.74, 6) is -0.0115. The highest BCUT2D eigenvalue weighted by Crippen LogP contribution is 2.33. The standard InChI is InChI=1S/C26H24ClN3O4.ClH/c1-30(15-24(31)32)14-17-6-5-7-18(12-17)25-28-26(34-29-25)19-10-11-21(20(13-19)16-33-2)22-8-3-4-9-23(22)27;/h3-13H,14-16H2,1-2H3,(H,31,32);1H. The third kappa shape index (κ3) is 6.46. The topological polar surface area (TPSA) is 88.7 Å². The predicted octanol–water partition coefficient (Wildman–Crippen LogP) is 5.81. The van der Waals surface area contributed by atoms with E-state index in [1.54, 1.807) is 19.1 Å². The maximum Gasteiger partial charge on any atom is 0.317 e. The molecule has 4 rings (SSSR count). The lowest BCUT2D eigenvalue weighted by atomic mass is 9.97. The zero-order chi connectivity index (χ0) is 24.1. The van der Waals surface area contributed by atoms with E-state index in [1.165, 1.54) is 0 Å². The molecule has 0 bridgehead atoms. The number of aromatic nitrogens is 2. The van der Waals surface area contributed by atoms with E-state index in [4.69, 9.17) is 26.0 Å². The van der Waals surface area contributed by atoms with Crippen molar-refractivity contribution < 1.29 is 19.2 Å². The second-order valence-corrected chi connectivity index (χ2v) is 8.38. The smallest absolute Gasteiger partial charge is 0.317 e. The molecule has 1 aromatic heterocycles. The molecule has 0 radical (unpaired) electrons. The van der Waals surface area contributed by atoms with Gasteiger partial charge in [0.25, 0.3) is 5.89 Å². The van der Waals surface area contributed by atoms with Crippen LogP contribution in [0.25, 0.3) is 34.0 Å². The Labute approximate surface area is 214 Å². The number of aliphatic carboxylic acids is 1. The molecule has 182 valence electrons. The maximum absolute atomic E-state index is 10.9. The first-order chi connectivity index (χ1) is 16.4. The fourth-order valence-electron chi connectivity index (χ4n) is 3.81. The van der Waals surface area contributed by atoms with E-state index in [0.29, 0.717) is 29.9 Å². The maximum atomic E-state index is 10.9. The monoisotopic (exact) mass is 513 g/mol. The number of carbonyl (C=O) groups is 1. The average Bonchev–Trinajstić information content (AvgIpc) is 3.30. The number of methoxy groups -OCH3 is 1. The first-order valence-corrected chi connectivity index (χ1v) is 11.0. The van der Waals surface area contributed by atoms with E-state index in [1.807, 2.05) is 66.7 Å². The summed E-state index contributed by atoms with van der Waals surface area (Å²) in [6.45, 7) is 0.862. The lowest BCUT2D eigenvalue weighted by molar-refractivity contribution is -0.138. The van der Waals surface area contributed by atoms with E-state index in [9.17, 15) is 4.79 Å². The van der Waals surface area contributed by atoms with Crippen LogP contribution in [0.4, 0.5) is 0 Å². The fraction of sp³-hybridized carbons (Fsp3) is 0.192. The second kappa shape index (κ2) is 12.0. The Kier molecular flexibility index (Phi) is 9.01. The summed E-state index contributed by atoms with van der Waals surface area (Å²) in [4.78, 5) is 17.2. The van der Waals surface area contributed by atoms with Gasteiger partial charge < -0.3 is 14.4 Å². The molecule has 0 saturated heterocycles. The Bertz CT molecular complexity index is 1310. The number of hydrogen-bond donors (Lipinski definition) is 1. The van der Waals surface area contributed by atoms with E-state index in [2.05, 4.69) is 10.1 Å². The van der Waals surface area contributed by atoms with Gasteiger partial charge in [-0.1, -0.05) is 59.2 Å². The van der Waals surface area contributed by atoms with Gasteiger partial charge in [-0.15, -0.1) is 12.4 Å². The molecule has 4 aromatic rings. The van der Waals surface area contributed by atoms with Crippen LogP contribution < -0.4 is 0 Å². The number of hydrogen-bond acceptors (Lipinski definition) is 6. The fourth-order valence-corrected chi connectivity index (χ4v) is 4.05. The van der Waals surface area contributed by atoms with Crippen molar-refractivity contribution in [3.63, 3.8) is 0 Å². The minimum atomic E-state index is -0.866. The van der Waals surface area contributed by atoms with Crippen LogP contribution >= 0.6 is 24.0 Å². The minimum Gasteiger partial charge on any atom is -0.480 e. The van der Waals surface area contributed by atoms with Gasteiger partial charge >= 0.3 is 5.97 Å². The molecule has 0 unspecified atom stereocenters. The van der Waals surface area contributed by atoms with Gasteiger partial charge in [0.15, 0.2) is 0 Å².